The SMILES string of the molecule is C1CCNNCC1.O=C(O)CCC(=O)O. The molecule has 0 atom stereocenters. The van der Waals surface area contributed by atoms with Crippen molar-refractivity contribution in [2.75, 3.05) is 13.1 Å². The van der Waals surface area contributed by atoms with Crippen LogP contribution >= 0.6 is 0 Å². The van der Waals surface area contributed by atoms with Crippen LogP contribution in [0.25, 0.3) is 0 Å². The van der Waals surface area contributed by atoms with Crippen molar-refractivity contribution in [1.29, 1.82) is 0 Å². The first-order valence-corrected chi connectivity index (χ1v) is 5.02. The molecule has 4 N–H and O–H groups in total. The van der Waals surface area contributed by atoms with Crippen molar-refractivity contribution < 1.29 is 19.8 Å². The lowest BCUT2D eigenvalue weighted by atomic mass is 10.2. The van der Waals surface area contributed by atoms with Gasteiger partial charge in [-0.1, -0.05) is 6.42 Å². The van der Waals surface area contributed by atoms with E-state index in [4.69, 9.17) is 10.2 Å². The molecule has 1 rings (SSSR count). The molecule has 0 saturated carbocycles. The Hall–Kier alpha value is -1.14. The van der Waals surface area contributed by atoms with Crippen LogP contribution < -0.4 is 10.9 Å². The first-order valence-electron chi connectivity index (χ1n) is 5.02. The van der Waals surface area contributed by atoms with E-state index in [1.165, 1.54) is 19.3 Å². The molecule has 15 heavy (non-hydrogen) atoms. The predicted octanol–water partition coefficient (Wildman–Crippen LogP) is 0.200. The maximum atomic E-state index is 9.64. The molecule has 0 aliphatic carbocycles. The van der Waals surface area contributed by atoms with Crippen LogP contribution in [0, 0.1) is 0 Å². The Kier molecular flexibility index (Phi) is 8.70. The van der Waals surface area contributed by atoms with Crippen molar-refractivity contribution in [3.8, 4) is 0 Å². The van der Waals surface area contributed by atoms with Gasteiger partial charge >= 0.3 is 11.9 Å². The zero-order valence-corrected chi connectivity index (χ0v) is 8.66. The molecule has 0 unspecified atom stereocenters. The summed E-state index contributed by atoms with van der Waals surface area (Å²) >= 11 is 0. The fourth-order valence-electron chi connectivity index (χ4n) is 0.994. The van der Waals surface area contributed by atoms with Gasteiger partial charge in [-0.15, -0.1) is 0 Å². The number of rotatable bonds is 3. The summed E-state index contributed by atoms with van der Waals surface area (Å²) in [6.45, 7) is 2.28. The van der Waals surface area contributed by atoms with E-state index in [-0.39, 0.29) is 12.8 Å². The second kappa shape index (κ2) is 9.42. The Morgan fingerprint density at radius 2 is 1.27 bits per heavy atom. The fourth-order valence-corrected chi connectivity index (χ4v) is 0.994. The van der Waals surface area contributed by atoms with Gasteiger partial charge in [0.1, 0.15) is 0 Å². The third-order valence-corrected chi connectivity index (χ3v) is 1.78. The van der Waals surface area contributed by atoms with Crippen molar-refractivity contribution in [2.24, 2.45) is 0 Å². The first kappa shape index (κ1) is 13.9. The van der Waals surface area contributed by atoms with Gasteiger partial charge in [-0.05, 0) is 12.8 Å². The maximum absolute atomic E-state index is 9.64. The quantitative estimate of drug-likeness (QED) is 0.540. The van der Waals surface area contributed by atoms with E-state index in [1.807, 2.05) is 0 Å². The normalized spacial score (nSPS) is 15.7. The van der Waals surface area contributed by atoms with Crippen molar-refractivity contribution in [1.82, 2.24) is 10.9 Å². The van der Waals surface area contributed by atoms with Gasteiger partial charge in [-0.3, -0.25) is 20.4 Å². The number of carboxylic acid groups (broad SMARTS) is 2. The minimum Gasteiger partial charge on any atom is -0.481 e. The van der Waals surface area contributed by atoms with Crippen LogP contribution in [0.4, 0.5) is 0 Å². The number of aliphatic carboxylic acids is 2. The summed E-state index contributed by atoms with van der Waals surface area (Å²) in [5.74, 6) is -2.15. The topological polar surface area (TPSA) is 98.7 Å². The molecule has 0 spiro atoms. The van der Waals surface area contributed by atoms with Crippen molar-refractivity contribution in [3.05, 3.63) is 0 Å². The van der Waals surface area contributed by atoms with Gasteiger partial charge in [0, 0.05) is 13.1 Å². The highest BCUT2D eigenvalue weighted by molar-refractivity contribution is 5.75. The number of hydrogen-bond acceptors (Lipinski definition) is 4. The molecule has 0 aromatic rings. The Morgan fingerprint density at radius 1 is 0.867 bits per heavy atom. The van der Waals surface area contributed by atoms with E-state index in [9.17, 15) is 9.59 Å². The van der Waals surface area contributed by atoms with Gasteiger partial charge in [-0.25, -0.2) is 0 Å². The highest BCUT2D eigenvalue weighted by Crippen LogP contribution is 1.93. The van der Waals surface area contributed by atoms with Gasteiger partial charge in [-0.2, -0.15) is 0 Å². The summed E-state index contributed by atoms with van der Waals surface area (Å²) in [7, 11) is 0. The molecule has 0 radical (unpaired) electrons. The Labute approximate surface area is 88.6 Å². The number of nitrogens with one attached hydrogen (secondary N) is 2. The second-order valence-electron chi connectivity index (χ2n) is 3.20. The number of carbonyl (C=O) groups is 2. The lowest BCUT2D eigenvalue weighted by Crippen LogP contribution is -2.30. The summed E-state index contributed by atoms with van der Waals surface area (Å²) in [6.07, 6.45) is 3.44. The molecule has 0 aromatic carbocycles. The van der Waals surface area contributed by atoms with E-state index >= 15 is 0 Å². The maximum Gasteiger partial charge on any atom is 0.303 e. The summed E-state index contributed by atoms with van der Waals surface area (Å²) in [6, 6.07) is 0. The minimum atomic E-state index is -1.08. The van der Waals surface area contributed by atoms with Gasteiger partial charge < -0.3 is 10.2 Å². The number of hydrazine groups is 1. The molecule has 88 valence electrons. The van der Waals surface area contributed by atoms with Crippen LogP contribution in [0.1, 0.15) is 32.1 Å². The summed E-state index contributed by atoms with van der Waals surface area (Å²) < 4.78 is 0. The third kappa shape index (κ3) is 12.9. The molecular weight excluding hydrogens is 200 g/mol. The van der Waals surface area contributed by atoms with E-state index in [0.29, 0.717) is 0 Å². The fraction of sp³-hybridized carbons (Fsp3) is 0.778. The molecule has 1 fully saturated rings. The number of hydrogen-bond donors (Lipinski definition) is 4. The van der Waals surface area contributed by atoms with Crippen LogP contribution in [0.15, 0.2) is 0 Å². The monoisotopic (exact) mass is 218 g/mol. The van der Waals surface area contributed by atoms with E-state index < -0.39 is 11.9 Å². The highest BCUT2D eigenvalue weighted by atomic mass is 16.4. The van der Waals surface area contributed by atoms with Crippen LogP contribution in [-0.2, 0) is 9.59 Å². The van der Waals surface area contributed by atoms with E-state index in [0.717, 1.165) is 13.1 Å². The summed E-state index contributed by atoms with van der Waals surface area (Å²) in [4.78, 5) is 19.3. The lowest BCUT2D eigenvalue weighted by molar-refractivity contribution is -0.143. The molecule has 1 heterocycles. The molecule has 0 amide bonds. The summed E-state index contributed by atoms with van der Waals surface area (Å²) in [5.41, 5.74) is 6.19. The Bertz CT molecular complexity index is 163. The van der Waals surface area contributed by atoms with Crippen LogP contribution in [-0.4, -0.2) is 35.2 Å². The molecule has 6 heteroatoms. The molecule has 1 aliphatic rings. The lowest BCUT2D eigenvalue weighted by Gasteiger charge is -1.95. The smallest absolute Gasteiger partial charge is 0.303 e. The Balaban J connectivity index is 0.000000262. The van der Waals surface area contributed by atoms with Crippen LogP contribution in [0.2, 0.25) is 0 Å². The molecule has 1 saturated heterocycles. The van der Waals surface area contributed by atoms with Crippen LogP contribution in [0.5, 0.6) is 0 Å². The largest absolute Gasteiger partial charge is 0.481 e. The average molecular weight is 218 g/mol. The van der Waals surface area contributed by atoms with E-state index in [1.54, 1.807) is 0 Å². The molecule has 0 aromatic heterocycles. The van der Waals surface area contributed by atoms with Gasteiger partial charge in [0.05, 0.1) is 12.8 Å². The molecule has 1 aliphatic heterocycles. The highest BCUT2D eigenvalue weighted by Gasteiger charge is 2.00. The zero-order valence-electron chi connectivity index (χ0n) is 8.66. The summed E-state index contributed by atoms with van der Waals surface area (Å²) in [5, 5.41) is 15.8. The van der Waals surface area contributed by atoms with Gasteiger partial charge in [0.15, 0.2) is 0 Å². The standard InChI is InChI=1S/C5H12N2.C4H6O4/c1-2-4-6-7-5-3-1;5-3(6)1-2-4(7)8/h6-7H,1-5H2;1-2H2,(H,5,6)(H,7,8). The van der Waals surface area contributed by atoms with Crippen molar-refractivity contribution in [2.45, 2.75) is 32.1 Å². The number of carboxylic acids is 2. The van der Waals surface area contributed by atoms with Crippen molar-refractivity contribution in [3.63, 3.8) is 0 Å². The van der Waals surface area contributed by atoms with Crippen molar-refractivity contribution >= 4 is 11.9 Å². The van der Waals surface area contributed by atoms with Gasteiger partial charge in [0.2, 0.25) is 0 Å². The third-order valence-electron chi connectivity index (χ3n) is 1.78. The van der Waals surface area contributed by atoms with E-state index in [2.05, 4.69) is 10.9 Å². The zero-order chi connectivity index (χ0) is 11.5. The first-order chi connectivity index (χ1) is 7.13. The predicted molar refractivity (Wildman–Crippen MR) is 54.4 cm³/mol. The molecule has 6 nitrogen and oxygen atoms in total. The molecular formula is C9H18N2O4. The minimum absolute atomic E-state index is 0.296. The Morgan fingerprint density at radius 3 is 1.60 bits per heavy atom. The second-order valence-corrected chi connectivity index (χ2v) is 3.20. The average Bonchev–Trinajstić information content (AvgIpc) is 2.47. The van der Waals surface area contributed by atoms with Crippen LogP contribution in [0.3, 0.4) is 0 Å². The molecule has 0 bridgehead atoms. The van der Waals surface area contributed by atoms with Gasteiger partial charge in [0.25, 0.3) is 0 Å².